The minimum absolute atomic E-state index is 0.114. The fraction of sp³-hybridized carbons (Fsp3) is 0.294. The Kier molecular flexibility index (Phi) is 3.93. The van der Waals surface area contributed by atoms with Crippen LogP contribution in [0.2, 0.25) is 0 Å². The van der Waals surface area contributed by atoms with Crippen LogP contribution in [0.15, 0.2) is 47.4 Å². The second kappa shape index (κ2) is 5.77. The molecule has 1 atom stereocenters. The minimum Gasteiger partial charge on any atom is -0.497 e. The summed E-state index contributed by atoms with van der Waals surface area (Å²) in [6.07, 6.45) is 0.696. The van der Waals surface area contributed by atoms with E-state index in [-0.39, 0.29) is 10.9 Å². The standard InChI is InChI=1S/C17H19NO4S/c1-12-10-13-6-4-5-7-15(13)18(12)23(19,20)17-11-14(21-2)8-9-16(17)22-3/h4-9,11-12H,10H2,1-3H3/t12-/m0/s1. The van der Waals surface area contributed by atoms with Crippen LogP contribution >= 0.6 is 0 Å². The van der Waals surface area contributed by atoms with Crippen molar-refractivity contribution in [3.8, 4) is 11.5 Å². The first-order chi connectivity index (χ1) is 11.0. The van der Waals surface area contributed by atoms with Gasteiger partial charge in [0.2, 0.25) is 0 Å². The topological polar surface area (TPSA) is 55.8 Å². The molecule has 0 saturated carbocycles. The van der Waals surface area contributed by atoms with Gasteiger partial charge in [-0.2, -0.15) is 0 Å². The maximum atomic E-state index is 13.2. The van der Waals surface area contributed by atoms with Gasteiger partial charge in [-0.05, 0) is 37.1 Å². The summed E-state index contributed by atoms with van der Waals surface area (Å²) in [5.41, 5.74) is 1.76. The van der Waals surface area contributed by atoms with Gasteiger partial charge in [-0.3, -0.25) is 4.31 Å². The number of hydrogen-bond donors (Lipinski definition) is 0. The minimum atomic E-state index is -3.75. The summed E-state index contributed by atoms with van der Waals surface area (Å²) in [5.74, 6) is 0.784. The van der Waals surface area contributed by atoms with Crippen molar-refractivity contribution in [2.75, 3.05) is 18.5 Å². The van der Waals surface area contributed by atoms with Crippen LogP contribution in [0.3, 0.4) is 0 Å². The number of benzene rings is 2. The van der Waals surface area contributed by atoms with Crippen LogP contribution in [0.1, 0.15) is 12.5 Å². The van der Waals surface area contributed by atoms with Crippen molar-refractivity contribution >= 4 is 15.7 Å². The van der Waals surface area contributed by atoms with E-state index in [4.69, 9.17) is 9.47 Å². The molecule has 0 aromatic heterocycles. The Morgan fingerprint density at radius 1 is 1.09 bits per heavy atom. The lowest BCUT2D eigenvalue weighted by Gasteiger charge is -2.25. The number of sulfonamides is 1. The molecule has 0 radical (unpaired) electrons. The molecule has 6 heteroatoms. The molecule has 1 aliphatic heterocycles. The molecule has 0 spiro atoms. The summed E-state index contributed by atoms with van der Waals surface area (Å²) in [5, 5.41) is 0. The summed E-state index contributed by atoms with van der Waals surface area (Å²) < 4.78 is 38.4. The molecule has 3 rings (SSSR count). The molecule has 1 heterocycles. The van der Waals surface area contributed by atoms with E-state index in [1.807, 2.05) is 31.2 Å². The zero-order valence-electron chi connectivity index (χ0n) is 13.3. The van der Waals surface area contributed by atoms with E-state index in [2.05, 4.69) is 0 Å². The smallest absolute Gasteiger partial charge is 0.268 e. The van der Waals surface area contributed by atoms with Crippen molar-refractivity contribution in [1.29, 1.82) is 0 Å². The number of hydrogen-bond acceptors (Lipinski definition) is 4. The third kappa shape index (κ3) is 2.53. The first-order valence-corrected chi connectivity index (χ1v) is 8.77. The maximum Gasteiger partial charge on any atom is 0.268 e. The Morgan fingerprint density at radius 3 is 2.52 bits per heavy atom. The highest BCUT2D eigenvalue weighted by molar-refractivity contribution is 7.93. The van der Waals surface area contributed by atoms with Gasteiger partial charge in [0.05, 0.1) is 19.9 Å². The van der Waals surface area contributed by atoms with Gasteiger partial charge in [0.25, 0.3) is 10.0 Å². The molecule has 0 saturated heterocycles. The van der Waals surface area contributed by atoms with Gasteiger partial charge in [-0.25, -0.2) is 8.42 Å². The highest BCUT2D eigenvalue weighted by Crippen LogP contribution is 2.39. The average molecular weight is 333 g/mol. The van der Waals surface area contributed by atoms with Crippen LogP contribution < -0.4 is 13.8 Å². The zero-order valence-corrected chi connectivity index (χ0v) is 14.1. The second-order valence-corrected chi connectivity index (χ2v) is 7.28. The normalized spacial score (nSPS) is 17.0. The Labute approximate surface area is 136 Å². The fourth-order valence-corrected chi connectivity index (χ4v) is 4.86. The van der Waals surface area contributed by atoms with Gasteiger partial charge < -0.3 is 9.47 Å². The van der Waals surface area contributed by atoms with Gasteiger partial charge >= 0.3 is 0 Å². The second-order valence-electron chi connectivity index (χ2n) is 5.50. The van der Waals surface area contributed by atoms with Crippen molar-refractivity contribution in [2.24, 2.45) is 0 Å². The lowest BCUT2D eigenvalue weighted by atomic mass is 10.1. The summed E-state index contributed by atoms with van der Waals surface area (Å²) in [6, 6.07) is 12.2. The first kappa shape index (κ1) is 15.7. The van der Waals surface area contributed by atoms with Crippen molar-refractivity contribution < 1.29 is 17.9 Å². The van der Waals surface area contributed by atoms with Gasteiger partial charge in [0, 0.05) is 12.1 Å². The third-order valence-electron chi connectivity index (χ3n) is 4.05. The molecule has 0 N–H and O–H groups in total. The van der Waals surface area contributed by atoms with Crippen molar-refractivity contribution in [2.45, 2.75) is 24.3 Å². The van der Waals surface area contributed by atoms with Gasteiger partial charge in [0.15, 0.2) is 0 Å². The summed E-state index contributed by atoms with van der Waals surface area (Å²) in [6.45, 7) is 1.91. The molecule has 5 nitrogen and oxygen atoms in total. The van der Waals surface area contributed by atoms with Crippen LogP contribution in [-0.2, 0) is 16.4 Å². The number of ether oxygens (including phenoxy) is 2. The Balaban J connectivity index is 2.16. The van der Waals surface area contributed by atoms with E-state index < -0.39 is 10.0 Å². The molecule has 0 unspecified atom stereocenters. The van der Waals surface area contributed by atoms with Crippen LogP contribution in [0, 0.1) is 0 Å². The molecular weight excluding hydrogens is 314 g/mol. The molecule has 1 aliphatic rings. The van der Waals surface area contributed by atoms with E-state index in [1.54, 1.807) is 12.1 Å². The summed E-state index contributed by atoms with van der Waals surface area (Å²) >= 11 is 0. The van der Waals surface area contributed by atoms with Gasteiger partial charge in [0.1, 0.15) is 16.4 Å². The maximum absolute atomic E-state index is 13.2. The van der Waals surface area contributed by atoms with E-state index in [1.165, 1.54) is 24.6 Å². The molecule has 0 amide bonds. The number of fused-ring (bicyclic) bond motifs is 1. The number of para-hydroxylation sites is 1. The molecule has 0 fully saturated rings. The van der Waals surface area contributed by atoms with E-state index in [0.29, 0.717) is 17.9 Å². The average Bonchev–Trinajstić information content (AvgIpc) is 2.90. The SMILES string of the molecule is COc1ccc(OC)c(S(=O)(=O)N2c3ccccc3C[C@@H]2C)c1. The number of methoxy groups -OCH3 is 2. The van der Waals surface area contributed by atoms with E-state index in [9.17, 15) is 8.42 Å². The van der Waals surface area contributed by atoms with E-state index >= 15 is 0 Å². The van der Waals surface area contributed by atoms with Gasteiger partial charge in [-0.15, -0.1) is 0 Å². The lowest BCUT2D eigenvalue weighted by Crippen LogP contribution is -2.35. The Morgan fingerprint density at radius 2 is 1.83 bits per heavy atom. The highest BCUT2D eigenvalue weighted by Gasteiger charge is 2.37. The third-order valence-corrected chi connectivity index (χ3v) is 6.00. The summed E-state index contributed by atoms with van der Waals surface area (Å²) in [4.78, 5) is 0.114. The van der Waals surface area contributed by atoms with Crippen molar-refractivity contribution in [1.82, 2.24) is 0 Å². The first-order valence-electron chi connectivity index (χ1n) is 7.33. The molecule has 23 heavy (non-hydrogen) atoms. The van der Waals surface area contributed by atoms with Gasteiger partial charge in [-0.1, -0.05) is 18.2 Å². The molecular formula is C17H19NO4S. The van der Waals surface area contributed by atoms with Crippen LogP contribution in [-0.4, -0.2) is 28.7 Å². The lowest BCUT2D eigenvalue weighted by molar-refractivity contribution is 0.392. The molecule has 2 aromatic rings. The monoisotopic (exact) mass is 333 g/mol. The number of rotatable bonds is 4. The van der Waals surface area contributed by atoms with E-state index in [0.717, 1.165) is 11.3 Å². The van der Waals surface area contributed by atoms with Crippen LogP contribution in [0.4, 0.5) is 5.69 Å². The van der Waals surface area contributed by atoms with Crippen LogP contribution in [0.5, 0.6) is 11.5 Å². The summed E-state index contributed by atoms with van der Waals surface area (Å²) in [7, 11) is -0.782. The molecule has 122 valence electrons. The Hall–Kier alpha value is -2.21. The molecule has 0 aliphatic carbocycles. The Bertz CT molecular complexity index is 832. The number of anilines is 1. The zero-order chi connectivity index (χ0) is 16.6. The highest BCUT2D eigenvalue weighted by atomic mass is 32.2. The largest absolute Gasteiger partial charge is 0.497 e. The van der Waals surface area contributed by atoms with Crippen molar-refractivity contribution in [3.05, 3.63) is 48.0 Å². The quantitative estimate of drug-likeness (QED) is 0.863. The van der Waals surface area contributed by atoms with Crippen LogP contribution in [0.25, 0.3) is 0 Å². The number of nitrogens with zero attached hydrogens (tertiary/aromatic N) is 1. The van der Waals surface area contributed by atoms with Crippen molar-refractivity contribution in [3.63, 3.8) is 0 Å². The molecule has 0 bridgehead atoms. The fourth-order valence-electron chi connectivity index (χ4n) is 2.99. The molecule has 2 aromatic carbocycles. The predicted molar refractivity (Wildman–Crippen MR) is 88.8 cm³/mol. The predicted octanol–water partition coefficient (Wildman–Crippen LogP) is 2.84.